The van der Waals surface area contributed by atoms with Gasteiger partial charge in [-0.05, 0) is 29.3 Å². The van der Waals surface area contributed by atoms with Crippen LogP contribution in [0.15, 0.2) is 42.5 Å². The maximum atomic E-state index is 12.4. The Kier molecular flexibility index (Phi) is 5.22. The summed E-state index contributed by atoms with van der Waals surface area (Å²) >= 11 is 6.98. The molecule has 2 rings (SSSR count). The number of amides is 1. The monoisotopic (exact) mass is 397 g/mol. The van der Waals surface area contributed by atoms with Gasteiger partial charge in [-0.2, -0.15) is 0 Å². The van der Waals surface area contributed by atoms with Gasteiger partial charge in [0.05, 0.1) is 5.54 Å². The first kappa shape index (κ1) is 15.5. The molecule has 2 nitrogen and oxygen atoms in total. The van der Waals surface area contributed by atoms with E-state index in [0.29, 0.717) is 5.56 Å². The molecule has 0 spiro atoms. The summed E-state index contributed by atoms with van der Waals surface area (Å²) in [7, 11) is 0. The normalized spacial score (nSPS) is 11.6. The lowest BCUT2D eigenvalue weighted by molar-refractivity contribution is 0.0915. The number of nitrogens with one attached hydrogen (secondary N) is 1. The molecule has 0 bridgehead atoms. The van der Waals surface area contributed by atoms with Crippen molar-refractivity contribution >= 4 is 48.5 Å². The Morgan fingerprint density at radius 2 is 1.75 bits per heavy atom. The van der Waals surface area contributed by atoms with Crippen molar-refractivity contribution < 1.29 is 4.79 Å². The first-order chi connectivity index (χ1) is 9.64. The molecule has 4 heteroatoms. The summed E-state index contributed by atoms with van der Waals surface area (Å²) < 4.78 is 0. The molecule has 0 aliphatic heterocycles. The smallest absolute Gasteiger partial charge is 0.251 e. The minimum atomic E-state index is -0.247. The molecule has 20 heavy (non-hydrogen) atoms. The third-order valence-electron chi connectivity index (χ3n) is 3.58. The molecule has 1 N–H and O–H groups in total. The molecule has 0 atom stereocenters. The maximum absolute atomic E-state index is 12.4. The van der Waals surface area contributed by atoms with Gasteiger partial charge in [-0.3, -0.25) is 4.79 Å². The van der Waals surface area contributed by atoms with Crippen molar-refractivity contribution in [2.24, 2.45) is 0 Å². The third-order valence-corrected chi connectivity index (χ3v) is 5.73. The van der Waals surface area contributed by atoms with E-state index in [0.717, 1.165) is 27.9 Å². The quantitative estimate of drug-likeness (QED) is 0.737. The number of carbonyl (C=O) groups is 1. The highest BCUT2D eigenvalue weighted by Crippen LogP contribution is 2.20. The fourth-order valence-corrected chi connectivity index (χ4v) is 4.03. The van der Waals surface area contributed by atoms with E-state index in [-0.39, 0.29) is 11.4 Å². The Bertz CT molecular complexity index is 600. The highest BCUT2D eigenvalue weighted by atomic mass is 79.9. The fourth-order valence-electron chi connectivity index (χ4n) is 2.02. The van der Waals surface area contributed by atoms with Crippen LogP contribution in [0.3, 0.4) is 0 Å². The average molecular weight is 399 g/mol. The first-order valence-corrected chi connectivity index (χ1v) is 8.81. The Balaban J connectivity index is 2.27. The summed E-state index contributed by atoms with van der Waals surface area (Å²) in [6.07, 6.45) is 0.864. The molecule has 0 aromatic heterocycles. The van der Waals surface area contributed by atoms with Crippen molar-refractivity contribution in [2.75, 3.05) is 10.7 Å². The van der Waals surface area contributed by atoms with Crippen molar-refractivity contribution in [3.63, 3.8) is 0 Å². The zero-order valence-corrected chi connectivity index (χ0v) is 14.5. The van der Waals surface area contributed by atoms with E-state index < -0.39 is 0 Å². The minimum absolute atomic E-state index is 0.0310. The van der Waals surface area contributed by atoms with E-state index in [1.165, 1.54) is 0 Å². The molecular weight excluding hydrogens is 382 g/mol. The molecular formula is C16H17Br2NO. The summed E-state index contributed by atoms with van der Waals surface area (Å²) in [5, 5.41) is 6.80. The average Bonchev–Trinajstić information content (AvgIpc) is 2.52. The minimum Gasteiger partial charge on any atom is -0.345 e. The molecule has 0 aliphatic carbocycles. The molecule has 106 valence electrons. The number of hydrogen-bond acceptors (Lipinski definition) is 1. The highest BCUT2D eigenvalue weighted by Gasteiger charge is 2.28. The van der Waals surface area contributed by atoms with Crippen LogP contribution < -0.4 is 5.32 Å². The topological polar surface area (TPSA) is 29.1 Å². The van der Waals surface area contributed by atoms with Crippen LogP contribution in [0.1, 0.15) is 23.7 Å². The van der Waals surface area contributed by atoms with Crippen LogP contribution in [0.4, 0.5) is 0 Å². The molecule has 1 amide bonds. The van der Waals surface area contributed by atoms with Crippen LogP contribution in [0.5, 0.6) is 0 Å². The zero-order chi connectivity index (χ0) is 14.6. The van der Waals surface area contributed by atoms with Crippen LogP contribution in [-0.2, 0) is 0 Å². The zero-order valence-electron chi connectivity index (χ0n) is 11.3. The Hall–Kier alpha value is -0.870. The van der Waals surface area contributed by atoms with Crippen molar-refractivity contribution in [3.8, 4) is 0 Å². The number of alkyl halides is 2. The van der Waals surface area contributed by atoms with Gasteiger partial charge in [-0.15, -0.1) is 0 Å². The fraction of sp³-hybridized carbons (Fsp3) is 0.312. The summed E-state index contributed by atoms with van der Waals surface area (Å²) in [5.74, 6) is -0.0310. The lowest BCUT2D eigenvalue weighted by Gasteiger charge is -2.30. The summed E-state index contributed by atoms with van der Waals surface area (Å²) in [6, 6.07) is 13.9. The Morgan fingerprint density at radius 1 is 1.10 bits per heavy atom. The van der Waals surface area contributed by atoms with Gasteiger partial charge in [0.2, 0.25) is 0 Å². The molecule has 0 saturated carbocycles. The SMILES string of the molecule is CCC(CBr)(CBr)NC(=O)c1ccc2ccccc2c1. The van der Waals surface area contributed by atoms with Gasteiger partial charge in [0.1, 0.15) is 0 Å². The van der Waals surface area contributed by atoms with E-state index in [2.05, 4.69) is 44.1 Å². The number of benzene rings is 2. The maximum Gasteiger partial charge on any atom is 0.251 e. The molecule has 0 aliphatic rings. The molecule has 2 aromatic rings. The highest BCUT2D eigenvalue weighted by molar-refractivity contribution is 9.09. The van der Waals surface area contributed by atoms with Crippen LogP contribution in [-0.4, -0.2) is 22.1 Å². The number of hydrogen-bond donors (Lipinski definition) is 1. The van der Waals surface area contributed by atoms with Crippen molar-refractivity contribution in [1.29, 1.82) is 0 Å². The second-order valence-corrected chi connectivity index (χ2v) is 6.04. The van der Waals surface area contributed by atoms with E-state index in [1.54, 1.807) is 0 Å². The molecule has 0 radical (unpaired) electrons. The number of carbonyl (C=O) groups excluding carboxylic acids is 1. The van der Waals surface area contributed by atoms with Gasteiger partial charge in [0.25, 0.3) is 5.91 Å². The molecule has 0 heterocycles. The van der Waals surface area contributed by atoms with Crippen LogP contribution in [0.25, 0.3) is 10.8 Å². The number of halogens is 2. The third kappa shape index (κ3) is 3.23. The van der Waals surface area contributed by atoms with Gasteiger partial charge in [-0.1, -0.05) is 69.1 Å². The summed E-state index contributed by atoms with van der Waals surface area (Å²) in [4.78, 5) is 12.4. The second kappa shape index (κ2) is 6.72. The van der Waals surface area contributed by atoms with Gasteiger partial charge >= 0.3 is 0 Å². The van der Waals surface area contributed by atoms with E-state index in [4.69, 9.17) is 0 Å². The van der Waals surface area contributed by atoms with Crippen molar-refractivity contribution in [2.45, 2.75) is 18.9 Å². The lowest BCUT2D eigenvalue weighted by Crippen LogP contribution is -2.51. The van der Waals surface area contributed by atoms with E-state index in [1.807, 2.05) is 42.5 Å². The molecule has 0 saturated heterocycles. The standard InChI is InChI=1S/C16H17Br2NO/c1-2-16(10-17,11-18)19-15(20)14-8-7-12-5-3-4-6-13(12)9-14/h3-9H,2,10-11H2,1H3,(H,19,20). The second-order valence-electron chi connectivity index (χ2n) is 4.92. The molecule has 2 aromatic carbocycles. The predicted octanol–water partition coefficient (Wildman–Crippen LogP) is 4.51. The summed E-state index contributed by atoms with van der Waals surface area (Å²) in [5.41, 5.74) is 0.450. The Labute approximate surface area is 136 Å². The van der Waals surface area contributed by atoms with Gasteiger partial charge in [0.15, 0.2) is 0 Å². The van der Waals surface area contributed by atoms with E-state index in [9.17, 15) is 4.79 Å². The van der Waals surface area contributed by atoms with Crippen molar-refractivity contribution in [3.05, 3.63) is 48.0 Å². The Morgan fingerprint density at radius 3 is 2.35 bits per heavy atom. The lowest BCUT2D eigenvalue weighted by atomic mass is 10.0. The molecule has 0 fully saturated rings. The largest absolute Gasteiger partial charge is 0.345 e. The van der Waals surface area contributed by atoms with E-state index >= 15 is 0 Å². The van der Waals surface area contributed by atoms with Gasteiger partial charge in [-0.25, -0.2) is 0 Å². The van der Waals surface area contributed by atoms with Crippen LogP contribution in [0, 0.1) is 0 Å². The first-order valence-electron chi connectivity index (χ1n) is 6.57. The van der Waals surface area contributed by atoms with Gasteiger partial charge in [0, 0.05) is 16.2 Å². The predicted molar refractivity (Wildman–Crippen MR) is 92.0 cm³/mol. The number of fused-ring (bicyclic) bond motifs is 1. The molecule has 0 unspecified atom stereocenters. The summed E-state index contributed by atoms with van der Waals surface area (Å²) in [6.45, 7) is 2.07. The van der Waals surface area contributed by atoms with Crippen molar-refractivity contribution in [1.82, 2.24) is 5.32 Å². The van der Waals surface area contributed by atoms with Crippen LogP contribution >= 0.6 is 31.9 Å². The van der Waals surface area contributed by atoms with Gasteiger partial charge < -0.3 is 5.32 Å². The number of rotatable bonds is 5. The van der Waals surface area contributed by atoms with Crippen LogP contribution in [0.2, 0.25) is 0 Å².